The number of nitrogens with one attached hydrogen (secondary N) is 2. The predicted octanol–water partition coefficient (Wildman–Crippen LogP) is 2.83. The smallest absolute Gasteiger partial charge is 0.238 e. The van der Waals surface area contributed by atoms with Gasteiger partial charge >= 0.3 is 0 Å². The van der Waals surface area contributed by atoms with E-state index in [1.54, 1.807) is 19.2 Å². The molecule has 2 aromatic carbocycles. The van der Waals surface area contributed by atoms with Crippen LogP contribution in [0.3, 0.4) is 0 Å². The number of hydrogen-bond acceptors (Lipinski definition) is 4. The molecule has 0 bridgehead atoms. The van der Waals surface area contributed by atoms with E-state index >= 15 is 0 Å². The standard InChI is InChI=1S/C21H30N4O3S.HI/c1-17(19-7-4-3-5-8-19)28-16-6-14-24-21(23-2)25-15-13-18-9-11-20(12-10-18)29(22,26)27;/h3-5,7-12,17H,6,13-16H2,1-2H3,(H2,22,26,27)(H2,23,24,25);1H. The van der Waals surface area contributed by atoms with Crippen LogP contribution in [0.25, 0.3) is 0 Å². The Balaban J connectivity index is 0.00000450. The van der Waals surface area contributed by atoms with Gasteiger partial charge in [0, 0.05) is 26.7 Å². The van der Waals surface area contributed by atoms with E-state index in [9.17, 15) is 8.42 Å². The Hall–Kier alpha value is -1.69. The number of guanidine groups is 1. The van der Waals surface area contributed by atoms with Gasteiger partial charge in [-0.25, -0.2) is 13.6 Å². The maximum atomic E-state index is 11.3. The zero-order valence-corrected chi connectivity index (χ0v) is 20.5. The molecule has 166 valence electrons. The van der Waals surface area contributed by atoms with Crippen LogP contribution in [0, 0.1) is 0 Å². The topological polar surface area (TPSA) is 106 Å². The molecule has 1 unspecified atom stereocenters. The van der Waals surface area contributed by atoms with E-state index in [0.717, 1.165) is 30.9 Å². The highest BCUT2D eigenvalue weighted by Gasteiger charge is 2.07. The second-order valence-corrected chi connectivity index (χ2v) is 8.20. The van der Waals surface area contributed by atoms with Crippen LogP contribution >= 0.6 is 24.0 Å². The molecular weight excluding hydrogens is 515 g/mol. The maximum absolute atomic E-state index is 11.3. The summed E-state index contributed by atoms with van der Waals surface area (Å²) in [5.74, 6) is 0.724. The average Bonchev–Trinajstić information content (AvgIpc) is 2.72. The predicted molar refractivity (Wildman–Crippen MR) is 132 cm³/mol. The SMILES string of the molecule is CN=C(NCCCOC(C)c1ccccc1)NCCc1ccc(S(N)(=O)=O)cc1.I. The zero-order chi connectivity index (χ0) is 21.1. The molecule has 7 nitrogen and oxygen atoms in total. The second kappa shape index (κ2) is 13.6. The molecule has 0 aliphatic rings. The van der Waals surface area contributed by atoms with Gasteiger partial charge in [0.05, 0.1) is 11.0 Å². The Morgan fingerprint density at radius 1 is 1.07 bits per heavy atom. The van der Waals surface area contributed by atoms with Crippen molar-refractivity contribution < 1.29 is 13.2 Å². The Morgan fingerprint density at radius 2 is 1.70 bits per heavy atom. The molecule has 2 rings (SSSR count). The first-order valence-corrected chi connectivity index (χ1v) is 11.2. The number of halogens is 1. The van der Waals surface area contributed by atoms with Gasteiger partial charge in [-0.15, -0.1) is 24.0 Å². The van der Waals surface area contributed by atoms with Gasteiger partial charge in [0.2, 0.25) is 10.0 Å². The van der Waals surface area contributed by atoms with Crippen molar-refractivity contribution in [2.75, 3.05) is 26.7 Å². The maximum Gasteiger partial charge on any atom is 0.238 e. The first kappa shape index (κ1) is 26.3. The zero-order valence-electron chi connectivity index (χ0n) is 17.4. The Bertz CT molecular complexity index is 875. The fraction of sp³-hybridized carbons (Fsp3) is 0.381. The van der Waals surface area contributed by atoms with Crippen molar-refractivity contribution in [3.63, 3.8) is 0 Å². The fourth-order valence-corrected chi connectivity index (χ4v) is 3.27. The Labute approximate surface area is 196 Å². The number of hydrogen-bond donors (Lipinski definition) is 3. The van der Waals surface area contributed by atoms with Crippen molar-refractivity contribution in [3.05, 3.63) is 65.7 Å². The number of aliphatic imine (C=N–C) groups is 1. The third-order valence-electron chi connectivity index (χ3n) is 4.43. The molecule has 0 aliphatic carbocycles. The first-order chi connectivity index (χ1) is 13.9. The lowest BCUT2D eigenvalue weighted by molar-refractivity contribution is 0.0646. The average molecular weight is 546 g/mol. The van der Waals surface area contributed by atoms with Crippen LogP contribution in [0.5, 0.6) is 0 Å². The van der Waals surface area contributed by atoms with Gasteiger partial charge in [-0.3, -0.25) is 4.99 Å². The largest absolute Gasteiger partial charge is 0.374 e. The number of benzene rings is 2. The number of rotatable bonds is 10. The van der Waals surface area contributed by atoms with Gasteiger partial charge in [0.25, 0.3) is 0 Å². The lowest BCUT2D eigenvalue weighted by Gasteiger charge is -2.15. The summed E-state index contributed by atoms with van der Waals surface area (Å²) in [4.78, 5) is 4.32. The summed E-state index contributed by atoms with van der Waals surface area (Å²) in [6, 6.07) is 16.7. The molecule has 0 saturated carbocycles. The summed E-state index contributed by atoms with van der Waals surface area (Å²) in [7, 11) is -1.92. The highest BCUT2D eigenvalue weighted by Crippen LogP contribution is 2.15. The molecule has 2 aromatic rings. The number of primary sulfonamides is 1. The summed E-state index contributed by atoms with van der Waals surface area (Å²) in [5.41, 5.74) is 2.19. The van der Waals surface area contributed by atoms with E-state index in [1.165, 1.54) is 17.7 Å². The van der Waals surface area contributed by atoms with Gasteiger partial charge in [-0.1, -0.05) is 42.5 Å². The van der Waals surface area contributed by atoms with E-state index < -0.39 is 10.0 Å². The van der Waals surface area contributed by atoms with E-state index in [1.807, 2.05) is 18.2 Å². The minimum absolute atomic E-state index is 0. The Kier molecular flexibility index (Phi) is 11.9. The highest BCUT2D eigenvalue weighted by atomic mass is 127. The van der Waals surface area contributed by atoms with Crippen molar-refractivity contribution in [2.24, 2.45) is 10.1 Å². The monoisotopic (exact) mass is 546 g/mol. The van der Waals surface area contributed by atoms with Gasteiger partial charge in [-0.2, -0.15) is 0 Å². The number of sulfonamides is 1. The normalized spacial score (nSPS) is 12.7. The second-order valence-electron chi connectivity index (χ2n) is 6.64. The summed E-state index contributed by atoms with van der Waals surface area (Å²) in [6.07, 6.45) is 1.69. The van der Waals surface area contributed by atoms with Gasteiger partial charge in [0.1, 0.15) is 0 Å². The summed E-state index contributed by atoms with van der Waals surface area (Å²) in [6.45, 7) is 4.15. The van der Waals surface area contributed by atoms with Crippen LogP contribution in [0.1, 0.15) is 30.6 Å². The molecule has 30 heavy (non-hydrogen) atoms. The van der Waals surface area contributed by atoms with Crippen LogP contribution in [-0.4, -0.2) is 41.1 Å². The minimum atomic E-state index is -3.65. The van der Waals surface area contributed by atoms with Crippen molar-refractivity contribution in [3.8, 4) is 0 Å². The quantitative estimate of drug-likeness (QED) is 0.184. The van der Waals surface area contributed by atoms with Crippen molar-refractivity contribution in [1.82, 2.24) is 10.6 Å². The van der Waals surface area contributed by atoms with Gasteiger partial charge in [-0.05, 0) is 43.0 Å². The molecule has 0 aliphatic heterocycles. The van der Waals surface area contributed by atoms with Crippen LogP contribution in [-0.2, 0) is 21.2 Å². The Morgan fingerprint density at radius 3 is 2.30 bits per heavy atom. The van der Waals surface area contributed by atoms with Crippen LogP contribution in [0.15, 0.2) is 64.5 Å². The molecule has 0 radical (unpaired) electrons. The molecule has 9 heteroatoms. The van der Waals surface area contributed by atoms with Crippen LogP contribution in [0.4, 0.5) is 0 Å². The summed E-state index contributed by atoms with van der Waals surface area (Å²) in [5, 5.41) is 11.6. The molecule has 0 spiro atoms. The number of ether oxygens (including phenoxy) is 1. The van der Waals surface area contributed by atoms with E-state index in [4.69, 9.17) is 9.88 Å². The molecule has 4 N–H and O–H groups in total. The molecular formula is C21H31IN4O3S. The van der Waals surface area contributed by atoms with Crippen molar-refractivity contribution in [2.45, 2.75) is 30.8 Å². The van der Waals surface area contributed by atoms with Crippen molar-refractivity contribution >= 4 is 40.0 Å². The molecule has 0 heterocycles. The fourth-order valence-electron chi connectivity index (χ4n) is 2.75. The van der Waals surface area contributed by atoms with Gasteiger partial charge in [0.15, 0.2) is 5.96 Å². The van der Waals surface area contributed by atoms with E-state index in [2.05, 4.69) is 34.7 Å². The molecule has 0 aromatic heterocycles. The lowest BCUT2D eigenvalue weighted by atomic mass is 10.1. The lowest BCUT2D eigenvalue weighted by Crippen LogP contribution is -2.39. The van der Waals surface area contributed by atoms with Crippen LogP contribution in [0.2, 0.25) is 0 Å². The van der Waals surface area contributed by atoms with Gasteiger partial charge < -0.3 is 15.4 Å². The highest BCUT2D eigenvalue weighted by molar-refractivity contribution is 14.0. The molecule has 1 atom stereocenters. The minimum Gasteiger partial charge on any atom is -0.374 e. The number of nitrogens with zero attached hydrogens (tertiary/aromatic N) is 1. The summed E-state index contributed by atoms with van der Waals surface area (Å²) >= 11 is 0. The van der Waals surface area contributed by atoms with E-state index in [0.29, 0.717) is 13.2 Å². The van der Waals surface area contributed by atoms with Crippen molar-refractivity contribution in [1.29, 1.82) is 0 Å². The number of nitrogens with two attached hydrogens (primary N) is 1. The molecule has 0 fully saturated rings. The molecule has 0 saturated heterocycles. The summed E-state index contributed by atoms with van der Waals surface area (Å²) < 4.78 is 28.4. The van der Waals surface area contributed by atoms with E-state index in [-0.39, 0.29) is 35.0 Å². The van der Waals surface area contributed by atoms with Crippen LogP contribution < -0.4 is 15.8 Å². The third kappa shape index (κ3) is 9.41. The molecule has 0 amide bonds. The third-order valence-corrected chi connectivity index (χ3v) is 5.36. The first-order valence-electron chi connectivity index (χ1n) is 9.63.